The molecule has 6 rings (SSSR count). The SMILES string of the molecule is C=Cc1ccc(C=Nc2ccc(/C=C/c3ccc(N=C)cc3S(=O)[O-])c(SOO[O-])c2)s1.C=Cc1ccc(C=Nc2ccc(/C=C/c3ccc(N=C)cc3SOO[O-])c(S(=O)(=O)[O-])c2)cc1.[Na+].[Na+].[Na+].[Na+]. The van der Waals surface area contributed by atoms with Crippen molar-refractivity contribution in [2.75, 3.05) is 0 Å². The molecule has 6 aromatic rings. The number of aliphatic imine (C=N–C) groups is 4. The number of hydrogen-bond acceptors (Lipinski definition) is 18. The fourth-order valence-corrected chi connectivity index (χ4v) is 8.49. The Labute approximate surface area is 509 Å². The first kappa shape index (κ1) is 65.9. The molecule has 0 radical (unpaired) electrons. The fraction of sp³-hybridized carbons (Fsp3) is 0. The van der Waals surface area contributed by atoms with Crippen LogP contribution in [0.4, 0.5) is 22.7 Å². The van der Waals surface area contributed by atoms with Gasteiger partial charge in [0.05, 0.1) is 51.7 Å². The quantitative estimate of drug-likeness (QED) is 0.0116. The summed E-state index contributed by atoms with van der Waals surface area (Å²) in [4.78, 5) is 19.0. The number of thiophene rings is 1. The smallest absolute Gasteiger partial charge is 0.768 e. The average Bonchev–Trinajstić information content (AvgIpc) is 3.81. The Morgan fingerprint density at radius 3 is 1.54 bits per heavy atom. The molecule has 0 aliphatic heterocycles. The van der Waals surface area contributed by atoms with Gasteiger partial charge >= 0.3 is 118 Å². The molecule has 0 fully saturated rings. The van der Waals surface area contributed by atoms with Gasteiger partial charge in [-0.05, 0) is 119 Å². The number of rotatable bonds is 20. The summed E-state index contributed by atoms with van der Waals surface area (Å²) >= 11 is 0.485. The summed E-state index contributed by atoms with van der Waals surface area (Å²) in [6.45, 7) is 14.3. The molecule has 1 heterocycles. The molecule has 15 nitrogen and oxygen atoms in total. The Balaban J connectivity index is 0.000000663. The van der Waals surface area contributed by atoms with Crippen LogP contribution in [0, 0.1) is 0 Å². The standard InChI is InChI=1S/C24H20N2O6S2.C22H18N2O5S3.4Na/c1-3-17-4-6-18(7-5-17)16-26-22-13-11-20(24(15-22)34(28,29)30)9-8-19-10-12-21(25-2)14-23(19)33-32-31-27;1-3-19-10-11-20(30-19)14-24-18-9-6-15(21(12-18)31-29-28-25)4-5-16-7-8-17(23-2)13-22(16)32(26)27;;;;/h3-16,27H,1-2H2,(H,28,29,30);3-14,25H,1-2H2,(H,26,27);;;;/q;;4*+1/p-4/b9-8+,26-16?;5-4+,24-14?;;;;. The van der Waals surface area contributed by atoms with Crippen molar-refractivity contribution < 1.29 is 169 Å². The first-order valence-electron chi connectivity index (χ1n) is 18.6. The summed E-state index contributed by atoms with van der Waals surface area (Å²) in [5, 5.41) is 27.4. The molecule has 338 valence electrons. The molecule has 0 aliphatic rings. The molecule has 0 amide bonds. The van der Waals surface area contributed by atoms with E-state index in [1.807, 2.05) is 36.4 Å². The second-order valence-corrected chi connectivity index (χ2v) is 17.7. The molecule has 1 atom stereocenters. The molecule has 0 bridgehead atoms. The second-order valence-electron chi connectivity index (χ2n) is 12.8. The maximum Gasteiger partial charge on any atom is 1.00 e. The van der Waals surface area contributed by atoms with Crippen LogP contribution in [0.2, 0.25) is 0 Å². The molecule has 1 aromatic heterocycles. The van der Waals surface area contributed by atoms with Crippen molar-refractivity contribution >= 4 is 142 Å². The normalized spacial score (nSPS) is 11.4. The van der Waals surface area contributed by atoms with Gasteiger partial charge in [0, 0.05) is 36.9 Å². The van der Waals surface area contributed by atoms with E-state index in [2.05, 4.69) is 65.3 Å². The Morgan fingerprint density at radius 1 is 0.571 bits per heavy atom. The van der Waals surface area contributed by atoms with Gasteiger partial charge in [-0.25, -0.2) is 8.42 Å². The molecule has 1 unspecified atom stereocenters. The summed E-state index contributed by atoms with van der Waals surface area (Å²) in [5.74, 6) is 0. The minimum atomic E-state index is -4.79. The van der Waals surface area contributed by atoms with Gasteiger partial charge in [0.15, 0.2) is 0 Å². The molecule has 5 aromatic carbocycles. The van der Waals surface area contributed by atoms with Crippen LogP contribution in [-0.4, -0.2) is 47.6 Å². The third-order valence-electron chi connectivity index (χ3n) is 8.72. The Bertz CT molecular complexity index is 2970. The van der Waals surface area contributed by atoms with Gasteiger partial charge in [-0.3, -0.25) is 34.3 Å². The third kappa shape index (κ3) is 21.0. The van der Waals surface area contributed by atoms with Gasteiger partial charge in [0.25, 0.3) is 0 Å². The average molecular weight is 1070 g/mol. The van der Waals surface area contributed by atoms with Crippen LogP contribution in [-0.2, 0) is 39.9 Å². The Hall–Kier alpha value is -2.08. The van der Waals surface area contributed by atoms with Crippen LogP contribution < -0.4 is 129 Å². The van der Waals surface area contributed by atoms with E-state index < -0.39 is 26.1 Å². The van der Waals surface area contributed by atoms with E-state index in [0.29, 0.717) is 61.3 Å². The molecule has 0 saturated heterocycles. The largest absolute Gasteiger partial charge is 1.00 e. The zero-order valence-corrected chi connectivity index (χ0v) is 50.2. The number of nitrogens with zero attached hydrogens (tertiary/aromatic N) is 4. The van der Waals surface area contributed by atoms with Gasteiger partial charge < -0.3 is 19.6 Å². The van der Waals surface area contributed by atoms with Crippen molar-refractivity contribution in [2.24, 2.45) is 20.0 Å². The van der Waals surface area contributed by atoms with Crippen molar-refractivity contribution in [2.45, 2.75) is 19.6 Å². The first-order chi connectivity index (χ1) is 31.9. The van der Waals surface area contributed by atoms with Crippen LogP contribution in [0.3, 0.4) is 0 Å². The van der Waals surface area contributed by atoms with Gasteiger partial charge in [0.1, 0.15) is 10.1 Å². The van der Waals surface area contributed by atoms with Crippen LogP contribution in [0.25, 0.3) is 36.5 Å². The van der Waals surface area contributed by atoms with Crippen LogP contribution in [0.1, 0.15) is 43.1 Å². The topological polar surface area (TPSA) is 230 Å². The molecule has 0 spiro atoms. The monoisotopic (exact) mass is 1070 g/mol. The van der Waals surface area contributed by atoms with Gasteiger partial charge in [0.2, 0.25) is 0 Å². The van der Waals surface area contributed by atoms with Crippen LogP contribution in [0.15, 0.2) is 162 Å². The van der Waals surface area contributed by atoms with E-state index in [0.717, 1.165) is 32.9 Å². The predicted molar refractivity (Wildman–Crippen MR) is 259 cm³/mol. The summed E-state index contributed by atoms with van der Waals surface area (Å²) < 4.78 is 67.7. The predicted octanol–water partition coefficient (Wildman–Crippen LogP) is -2.15. The zero-order chi connectivity index (χ0) is 47.5. The van der Waals surface area contributed by atoms with Crippen LogP contribution >= 0.6 is 35.4 Å². The summed E-state index contributed by atoms with van der Waals surface area (Å²) in [6, 6.07) is 30.5. The van der Waals surface area contributed by atoms with Crippen molar-refractivity contribution in [1.29, 1.82) is 0 Å². The van der Waals surface area contributed by atoms with E-state index in [-0.39, 0.29) is 129 Å². The molecule has 0 aliphatic carbocycles. The molecular formula is C46H34N4Na4O11S5. The van der Waals surface area contributed by atoms with Gasteiger partial charge in [-0.1, -0.05) is 98.1 Å². The molecule has 0 N–H and O–H groups in total. The minimum absolute atomic E-state index is 0. The molecular weight excluding hydrogens is 1040 g/mol. The maximum absolute atomic E-state index is 11.9. The minimum Gasteiger partial charge on any atom is -0.768 e. The van der Waals surface area contributed by atoms with Crippen molar-refractivity contribution in [3.63, 3.8) is 0 Å². The molecule has 70 heavy (non-hydrogen) atoms. The van der Waals surface area contributed by atoms with Gasteiger partial charge in [-0.2, -0.15) is 8.67 Å². The van der Waals surface area contributed by atoms with Crippen molar-refractivity contribution in [1.82, 2.24) is 0 Å². The number of hydrogen-bond donors (Lipinski definition) is 0. The van der Waals surface area contributed by atoms with Crippen molar-refractivity contribution in [3.05, 3.63) is 165 Å². The fourth-order valence-electron chi connectivity index (χ4n) is 5.52. The number of benzene rings is 5. The van der Waals surface area contributed by atoms with E-state index in [4.69, 9.17) is 0 Å². The summed E-state index contributed by atoms with van der Waals surface area (Å²) in [5.41, 5.74) is 5.55. The van der Waals surface area contributed by atoms with E-state index in [1.54, 1.807) is 109 Å². The van der Waals surface area contributed by atoms with E-state index in [9.17, 15) is 32.2 Å². The maximum atomic E-state index is 11.9. The second kappa shape index (κ2) is 34.4. The molecule has 0 saturated carbocycles. The van der Waals surface area contributed by atoms with E-state index in [1.165, 1.54) is 24.3 Å². The Morgan fingerprint density at radius 2 is 1.03 bits per heavy atom. The third-order valence-corrected chi connectivity index (χ3v) is 12.6. The van der Waals surface area contributed by atoms with Crippen LogP contribution in [0.5, 0.6) is 0 Å². The first-order valence-corrected chi connectivity index (χ1v) is 23.4. The zero-order valence-electron chi connectivity index (χ0n) is 38.2. The van der Waals surface area contributed by atoms with Gasteiger partial charge in [-0.15, -0.1) is 11.3 Å². The summed E-state index contributed by atoms with van der Waals surface area (Å²) in [7, 11) is -4.79. The Kier molecular flexibility index (Phi) is 32.4. The van der Waals surface area contributed by atoms with Crippen molar-refractivity contribution in [3.8, 4) is 0 Å². The molecule has 24 heteroatoms. The van der Waals surface area contributed by atoms with E-state index >= 15 is 0 Å². The summed E-state index contributed by atoms with van der Waals surface area (Å²) in [6.07, 6.45) is 13.2.